The van der Waals surface area contributed by atoms with Gasteiger partial charge >= 0.3 is 0 Å². The molecule has 1 aliphatic rings. The summed E-state index contributed by atoms with van der Waals surface area (Å²) in [5.74, 6) is 1.89. The molecule has 0 spiro atoms. The van der Waals surface area contributed by atoms with Crippen LogP contribution in [-0.4, -0.2) is 24.1 Å². The Labute approximate surface area is 359 Å². The summed E-state index contributed by atoms with van der Waals surface area (Å²) < 4.78 is 4.90. The van der Waals surface area contributed by atoms with Gasteiger partial charge in [0.25, 0.3) is 0 Å². The Hall–Kier alpha value is -8.15. The van der Waals surface area contributed by atoms with Crippen molar-refractivity contribution in [3.8, 4) is 67.8 Å². The fraction of sp³-hybridized carbons (Fsp3) is 0.0351. The van der Waals surface area contributed by atoms with Crippen LogP contribution >= 0.6 is 0 Å². The lowest BCUT2D eigenvalue weighted by atomic mass is 9.99. The van der Waals surface area contributed by atoms with Gasteiger partial charge in [-0.2, -0.15) is 0 Å². The van der Waals surface area contributed by atoms with Gasteiger partial charge in [-0.1, -0.05) is 170 Å². The molecule has 12 rings (SSSR count). The van der Waals surface area contributed by atoms with Gasteiger partial charge in [-0.3, -0.25) is 0 Å². The van der Waals surface area contributed by atoms with E-state index in [9.17, 15) is 0 Å². The Morgan fingerprint density at radius 2 is 0.871 bits per heavy atom. The third kappa shape index (κ3) is 6.05. The highest BCUT2D eigenvalue weighted by Gasteiger charge is 2.22. The van der Waals surface area contributed by atoms with Crippen molar-refractivity contribution < 1.29 is 0 Å². The van der Waals surface area contributed by atoms with Crippen molar-refractivity contribution in [1.82, 2.24) is 24.1 Å². The maximum atomic E-state index is 5.19. The maximum Gasteiger partial charge on any atom is 0.164 e. The molecular weight excluding hydrogens is 755 g/mol. The number of allylic oxidation sites excluding steroid dienone is 1. The highest BCUT2D eigenvalue weighted by molar-refractivity contribution is 6.09. The van der Waals surface area contributed by atoms with E-state index < -0.39 is 0 Å². The van der Waals surface area contributed by atoms with Crippen molar-refractivity contribution in [2.45, 2.75) is 12.8 Å². The molecule has 0 aliphatic heterocycles. The zero-order valence-electron chi connectivity index (χ0n) is 33.9. The summed E-state index contributed by atoms with van der Waals surface area (Å²) in [6.07, 6.45) is 6.59. The Balaban J connectivity index is 1.06. The van der Waals surface area contributed by atoms with Gasteiger partial charge in [-0.15, -0.1) is 0 Å². The Morgan fingerprint density at radius 1 is 0.371 bits per heavy atom. The first-order valence-electron chi connectivity index (χ1n) is 21.3. The minimum atomic E-state index is 0.622. The fourth-order valence-electron chi connectivity index (χ4n) is 9.36. The Kier molecular flexibility index (Phi) is 8.56. The van der Waals surface area contributed by atoms with E-state index in [1.807, 2.05) is 24.3 Å². The molecule has 11 aromatic rings. The number of nitrogens with zero attached hydrogens (tertiary/aromatic N) is 5. The molecule has 5 nitrogen and oxygen atoms in total. The van der Waals surface area contributed by atoms with Gasteiger partial charge in [-0.25, -0.2) is 15.0 Å². The van der Waals surface area contributed by atoms with Gasteiger partial charge in [0.15, 0.2) is 17.5 Å². The number of hydrogen-bond donors (Lipinski definition) is 0. The molecule has 62 heavy (non-hydrogen) atoms. The van der Waals surface area contributed by atoms with Gasteiger partial charge in [0.05, 0.1) is 22.2 Å². The van der Waals surface area contributed by atoms with E-state index in [0.717, 1.165) is 57.6 Å². The molecule has 0 N–H and O–H groups in total. The second kappa shape index (κ2) is 14.8. The van der Waals surface area contributed by atoms with Gasteiger partial charge in [0.2, 0.25) is 0 Å². The van der Waals surface area contributed by atoms with Crippen LogP contribution in [0.1, 0.15) is 17.7 Å². The number of aromatic nitrogens is 5. The SMILES string of the molecule is C1=Cc2c(n(-c3ccc(-n4c5ccccc5c5ccccc54)cc3-c3cccc(-c4nc(-c5ccccc5)nc(-c5ccc(-c6ccccc6)cc5)n4)c3)c3ccccc23)CC1. The average molecular weight is 794 g/mol. The summed E-state index contributed by atoms with van der Waals surface area (Å²) in [5, 5.41) is 3.75. The monoisotopic (exact) mass is 793 g/mol. The highest BCUT2D eigenvalue weighted by Crippen LogP contribution is 2.41. The van der Waals surface area contributed by atoms with E-state index in [1.165, 1.54) is 49.5 Å². The van der Waals surface area contributed by atoms with Crippen molar-refractivity contribution in [3.63, 3.8) is 0 Å². The molecule has 0 saturated carbocycles. The summed E-state index contributed by atoms with van der Waals surface area (Å²) in [7, 11) is 0. The van der Waals surface area contributed by atoms with E-state index in [0.29, 0.717) is 17.5 Å². The van der Waals surface area contributed by atoms with Crippen LogP contribution in [0.5, 0.6) is 0 Å². The number of rotatable bonds is 7. The van der Waals surface area contributed by atoms with Crippen LogP contribution in [0.3, 0.4) is 0 Å². The first kappa shape index (κ1) is 35.8. The van der Waals surface area contributed by atoms with Crippen LogP contribution in [0, 0.1) is 0 Å². The van der Waals surface area contributed by atoms with Gasteiger partial charge in [-0.05, 0) is 72.0 Å². The maximum absolute atomic E-state index is 5.19. The molecule has 0 saturated heterocycles. The molecule has 1 aliphatic carbocycles. The van der Waals surface area contributed by atoms with Crippen LogP contribution in [0.15, 0.2) is 206 Å². The van der Waals surface area contributed by atoms with E-state index in [1.54, 1.807) is 0 Å². The number of para-hydroxylation sites is 3. The van der Waals surface area contributed by atoms with Crippen molar-refractivity contribution in [2.75, 3.05) is 0 Å². The molecule has 0 radical (unpaired) electrons. The molecule has 3 aromatic heterocycles. The molecule has 0 atom stereocenters. The lowest BCUT2D eigenvalue weighted by Crippen LogP contribution is -2.06. The summed E-state index contributed by atoms with van der Waals surface area (Å²) in [5.41, 5.74) is 15.8. The largest absolute Gasteiger partial charge is 0.312 e. The lowest BCUT2D eigenvalue weighted by molar-refractivity contribution is 0.889. The van der Waals surface area contributed by atoms with Crippen LogP contribution in [-0.2, 0) is 6.42 Å². The molecule has 3 heterocycles. The lowest BCUT2D eigenvalue weighted by Gasteiger charge is -2.20. The van der Waals surface area contributed by atoms with E-state index in [4.69, 9.17) is 15.0 Å². The number of hydrogen-bond acceptors (Lipinski definition) is 3. The topological polar surface area (TPSA) is 48.5 Å². The van der Waals surface area contributed by atoms with Crippen molar-refractivity contribution in [3.05, 3.63) is 218 Å². The molecule has 5 heteroatoms. The van der Waals surface area contributed by atoms with E-state index in [2.05, 4.69) is 197 Å². The van der Waals surface area contributed by atoms with Crippen molar-refractivity contribution >= 4 is 38.8 Å². The van der Waals surface area contributed by atoms with Crippen LogP contribution < -0.4 is 0 Å². The molecular formula is C57H39N5. The number of benzene rings is 8. The third-order valence-electron chi connectivity index (χ3n) is 12.3. The van der Waals surface area contributed by atoms with Gasteiger partial charge in [0.1, 0.15) is 0 Å². The molecule has 0 amide bonds. The smallest absolute Gasteiger partial charge is 0.164 e. The third-order valence-corrected chi connectivity index (χ3v) is 12.3. The fourth-order valence-corrected chi connectivity index (χ4v) is 9.36. The quantitative estimate of drug-likeness (QED) is 0.161. The van der Waals surface area contributed by atoms with Crippen molar-refractivity contribution in [1.29, 1.82) is 0 Å². The minimum Gasteiger partial charge on any atom is -0.312 e. The predicted octanol–water partition coefficient (Wildman–Crippen LogP) is 14.2. The minimum absolute atomic E-state index is 0.622. The molecule has 0 unspecified atom stereocenters. The second-order valence-corrected chi connectivity index (χ2v) is 15.9. The van der Waals surface area contributed by atoms with Crippen LogP contribution in [0.4, 0.5) is 0 Å². The summed E-state index contributed by atoms with van der Waals surface area (Å²) in [6.45, 7) is 0. The number of fused-ring (bicyclic) bond motifs is 6. The zero-order valence-corrected chi connectivity index (χ0v) is 33.9. The predicted molar refractivity (Wildman–Crippen MR) is 256 cm³/mol. The molecule has 8 aromatic carbocycles. The normalized spacial score (nSPS) is 12.3. The standard InChI is InChI=1S/C57H39N5/c1-3-16-38(17-4-1)39-30-32-41(33-31-39)56-58-55(40-18-5-2-6-19-40)59-57(60-56)43-21-15-20-42(36-43)49-37-44(61-50-26-11-7-22-45(50)46-23-8-12-27-51(46)61)34-35-54(49)62-52-28-13-9-24-47(52)48-25-10-14-29-53(48)62/h1-13,15-28,30-37H,14,29H2. The average Bonchev–Trinajstić information content (AvgIpc) is 3.87. The molecule has 292 valence electrons. The summed E-state index contributed by atoms with van der Waals surface area (Å²) in [6, 6.07) is 71.0. The summed E-state index contributed by atoms with van der Waals surface area (Å²) >= 11 is 0. The van der Waals surface area contributed by atoms with Gasteiger partial charge in [0, 0.05) is 55.4 Å². The van der Waals surface area contributed by atoms with Gasteiger partial charge < -0.3 is 9.13 Å². The first-order valence-corrected chi connectivity index (χ1v) is 21.3. The molecule has 0 bridgehead atoms. The summed E-state index contributed by atoms with van der Waals surface area (Å²) in [4.78, 5) is 15.4. The van der Waals surface area contributed by atoms with Crippen molar-refractivity contribution in [2.24, 2.45) is 0 Å². The Morgan fingerprint density at radius 3 is 1.55 bits per heavy atom. The highest BCUT2D eigenvalue weighted by atomic mass is 15.0. The molecule has 0 fully saturated rings. The Bertz CT molecular complexity index is 3450. The van der Waals surface area contributed by atoms with E-state index >= 15 is 0 Å². The zero-order chi connectivity index (χ0) is 41.0. The van der Waals surface area contributed by atoms with E-state index in [-0.39, 0.29) is 0 Å². The van der Waals surface area contributed by atoms with Crippen LogP contribution in [0.2, 0.25) is 0 Å². The second-order valence-electron chi connectivity index (χ2n) is 15.9. The first-order chi connectivity index (χ1) is 30.7. The van der Waals surface area contributed by atoms with Crippen LogP contribution in [0.25, 0.3) is 107 Å².